The Morgan fingerprint density at radius 2 is 2.00 bits per heavy atom. The highest BCUT2D eigenvalue weighted by atomic mass is 16.6. The largest absolute Gasteiger partial charge is 0.354 e. The van der Waals surface area contributed by atoms with Gasteiger partial charge < -0.3 is 5.32 Å². The second-order valence-corrected chi connectivity index (χ2v) is 6.39. The van der Waals surface area contributed by atoms with Crippen LogP contribution in [0.25, 0.3) is 16.6 Å². The number of aromatic nitrogens is 2. The molecule has 2 aromatic carbocycles. The average Bonchev–Trinajstić information content (AvgIpc) is 3.41. The standard InChI is InChI=1S/C18H15BN4O3/c1-20-18(24)17-14-8-13(10-2-3-10)16(23(25)26)9-15(14)21-22(17)12-6-4-11(19)5-7-12/h4-10H,2-3H2,1H3,(H,20,24). The fourth-order valence-corrected chi connectivity index (χ4v) is 3.16. The van der Waals surface area contributed by atoms with Crippen LogP contribution in [0.15, 0.2) is 36.4 Å². The maximum Gasteiger partial charge on any atom is 0.275 e. The molecule has 1 fully saturated rings. The smallest absolute Gasteiger partial charge is 0.275 e. The number of carbonyl (C=O) groups excluding carboxylic acids is 1. The van der Waals surface area contributed by atoms with E-state index in [1.165, 1.54) is 10.7 Å². The molecule has 0 aliphatic heterocycles. The second kappa shape index (κ2) is 5.98. The van der Waals surface area contributed by atoms with Gasteiger partial charge in [0.25, 0.3) is 11.6 Å². The second-order valence-electron chi connectivity index (χ2n) is 6.39. The minimum atomic E-state index is -0.380. The summed E-state index contributed by atoms with van der Waals surface area (Å²) >= 11 is 0. The van der Waals surface area contributed by atoms with E-state index in [9.17, 15) is 14.9 Å². The first kappa shape index (κ1) is 16.3. The van der Waals surface area contributed by atoms with Crippen LogP contribution in [0.1, 0.15) is 34.8 Å². The normalized spacial score (nSPS) is 13.7. The van der Waals surface area contributed by atoms with E-state index in [1.54, 1.807) is 37.4 Å². The number of nitrogens with one attached hydrogen (secondary N) is 1. The summed E-state index contributed by atoms with van der Waals surface area (Å²) in [5, 5.41) is 19.2. The van der Waals surface area contributed by atoms with Crippen molar-refractivity contribution >= 4 is 35.8 Å². The molecular formula is C18H15BN4O3. The molecule has 0 spiro atoms. The van der Waals surface area contributed by atoms with Crippen molar-refractivity contribution in [3.63, 3.8) is 0 Å². The highest BCUT2D eigenvalue weighted by Crippen LogP contribution is 2.45. The van der Waals surface area contributed by atoms with Gasteiger partial charge in [-0.15, -0.1) is 0 Å². The van der Waals surface area contributed by atoms with Crippen molar-refractivity contribution in [2.75, 3.05) is 7.05 Å². The van der Waals surface area contributed by atoms with E-state index < -0.39 is 0 Å². The van der Waals surface area contributed by atoms with Crippen molar-refractivity contribution < 1.29 is 9.72 Å². The van der Waals surface area contributed by atoms with Crippen LogP contribution in [0.5, 0.6) is 0 Å². The fraction of sp³-hybridized carbons (Fsp3) is 0.222. The molecule has 0 bridgehead atoms. The van der Waals surface area contributed by atoms with Crippen LogP contribution in [0, 0.1) is 10.1 Å². The molecule has 1 saturated carbocycles. The Morgan fingerprint density at radius 3 is 2.58 bits per heavy atom. The molecule has 3 aromatic rings. The number of benzene rings is 2. The molecule has 1 N–H and O–H groups in total. The fourth-order valence-electron chi connectivity index (χ4n) is 3.16. The Hall–Kier alpha value is -3.16. The van der Waals surface area contributed by atoms with Gasteiger partial charge in [0.2, 0.25) is 0 Å². The van der Waals surface area contributed by atoms with Crippen LogP contribution >= 0.6 is 0 Å². The Kier molecular flexibility index (Phi) is 3.75. The number of amides is 1. The summed E-state index contributed by atoms with van der Waals surface area (Å²) in [5.74, 6) is -0.128. The first-order valence-electron chi connectivity index (χ1n) is 8.28. The summed E-state index contributed by atoms with van der Waals surface area (Å²) in [6, 6.07) is 10.1. The Labute approximate surface area is 150 Å². The maximum atomic E-state index is 12.5. The highest BCUT2D eigenvalue weighted by molar-refractivity contribution is 6.32. The summed E-state index contributed by atoms with van der Waals surface area (Å²) in [4.78, 5) is 23.6. The van der Waals surface area contributed by atoms with Gasteiger partial charge in [0.05, 0.1) is 10.6 Å². The molecule has 0 atom stereocenters. The third kappa shape index (κ3) is 2.63. The Balaban J connectivity index is 2.01. The van der Waals surface area contributed by atoms with Gasteiger partial charge in [-0.25, -0.2) is 4.68 Å². The lowest BCUT2D eigenvalue weighted by molar-refractivity contribution is -0.385. The predicted molar refractivity (Wildman–Crippen MR) is 98.5 cm³/mol. The summed E-state index contributed by atoms with van der Waals surface area (Å²) in [6.45, 7) is 0. The molecule has 1 aromatic heterocycles. The molecule has 7 nitrogen and oxygen atoms in total. The molecule has 0 unspecified atom stereocenters. The van der Waals surface area contributed by atoms with Crippen molar-refractivity contribution in [2.45, 2.75) is 18.8 Å². The lowest BCUT2D eigenvalue weighted by Gasteiger charge is -2.07. The minimum Gasteiger partial charge on any atom is -0.354 e. The van der Waals surface area contributed by atoms with Crippen LogP contribution in [0.2, 0.25) is 0 Å². The topological polar surface area (TPSA) is 90.1 Å². The summed E-state index contributed by atoms with van der Waals surface area (Å²) in [7, 11) is 7.28. The van der Waals surface area contributed by atoms with Gasteiger partial charge in [0, 0.05) is 24.1 Å². The molecule has 4 rings (SSSR count). The van der Waals surface area contributed by atoms with Gasteiger partial charge in [-0.05, 0) is 37.0 Å². The van der Waals surface area contributed by atoms with Crippen molar-refractivity contribution in [1.29, 1.82) is 0 Å². The van der Waals surface area contributed by atoms with E-state index in [0.29, 0.717) is 33.3 Å². The SMILES string of the molecule is [B]c1ccc(-n2nc3cc([N+](=O)[O-])c(C4CC4)cc3c2C(=O)NC)cc1. The number of carbonyl (C=O) groups is 1. The number of hydrogen-bond donors (Lipinski definition) is 1. The Morgan fingerprint density at radius 1 is 1.31 bits per heavy atom. The third-order valence-electron chi connectivity index (χ3n) is 4.61. The van der Waals surface area contributed by atoms with Gasteiger partial charge in [-0.2, -0.15) is 5.10 Å². The lowest BCUT2D eigenvalue weighted by Crippen LogP contribution is -2.22. The predicted octanol–water partition coefficient (Wildman–Crippen LogP) is 1.96. The quantitative estimate of drug-likeness (QED) is 0.444. The molecule has 1 aliphatic rings. The van der Waals surface area contributed by atoms with Crippen LogP contribution in [0.4, 0.5) is 5.69 Å². The van der Waals surface area contributed by atoms with E-state index >= 15 is 0 Å². The zero-order chi connectivity index (χ0) is 18.4. The minimum absolute atomic E-state index is 0.0606. The monoisotopic (exact) mass is 346 g/mol. The van der Waals surface area contributed by atoms with E-state index in [1.807, 2.05) is 0 Å². The summed E-state index contributed by atoms with van der Waals surface area (Å²) in [5.41, 5.74) is 2.75. The summed E-state index contributed by atoms with van der Waals surface area (Å²) in [6.07, 6.45) is 1.85. The number of nitro benzene ring substituents is 1. The molecular weight excluding hydrogens is 331 g/mol. The van der Waals surface area contributed by atoms with Crippen LogP contribution in [-0.4, -0.2) is 35.5 Å². The van der Waals surface area contributed by atoms with E-state index in [4.69, 9.17) is 7.85 Å². The molecule has 1 aliphatic carbocycles. The van der Waals surface area contributed by atoms with Crippen LogP contribution < -0.4 is 10.8 Å². The molecule has 1 heterocycles. The molecule has 8 heteroatoms. The van der Waals surface area contributed by atoms with Crippen LogP contribution in [-0.2, 0) is 0 Å². The number of fused-ring (bicyclic) bond motifs is 1. The highest BCUT2D eigenvalue weighted by Gasteiger charge is 2.32. The van der Waals surface area contributed by atoms with Crippen molar-refractivity contribution in [2.24, 2.45) is 0 Å². The van der Waals surface area contributed by atoms with Gasteiger partial charge in [0.1, 0.15) is 19.1 Å². The van der Waals surface area contributed by atoms with Crippen LogP contribution in [0.3, 0.4) is 0 Å². The molecule has 26 heavy (non-hydrogen) atoms. The zero-order valence-electron chi connectivity index (χ0n) is 14.1. The van der Waals surface area contributed by atoms with Gasteiger partial charge in [-0.1, -0.05) is 17.6 Å². The van der Waals surface area contributed by atoms with Crippen molar-refractivity contribution in [3.8, 4) is 5.69 Å². The van der Waals surface area contributed by atoms with Crippen molar-refractivity contribution in [1.82, 2.24) is 15.1 Å². The lowest BCUT2D eigenvalue weighted by atomic mass is 9.96. The van der Waals surface area contributed by atoms with E-state index in [-0.39, 0.29) is 22.4 Å². The maximum absolute atomic E-state index is 12.5. The molecule has 2 radical (unpaired) electrons. The van der Waals surface area contributed by atoms with Gasteiger partial charge in [0.15, 0.2) is 0 Å². The van der Waals surface area contributed by atoms with Gasteiger partial charge in [-0.3, -0.25) is 14.9 Å². The molecule has 1 amide bonds. The number of nitro groups is 1. The first-order chi connectivity index (χ1) is 12.5. The van der Waals surface area contributed by atoms with Gasteiger partial charge >= 0.3 is 0 Å². The number of nitrogens with zero attached hydrogens (tertiary/aromatic N) is 3. The molecule has 128 valence electrons. The van der Waals surface area contributed by atoms with Crippen molar-refractivity contribution in [3.05, 3.63) is 57.8 Å². The average molecular weight is 346 g/mol. The van der Waals surface area contributed by atoms with E-state index in [0.717, 1.165) is 12.8 Å². The number of hydrogen-bond acceptors (Lipinski definition) is 4. The zero-order valence-corrected chi connectivity index (χ0v) is 14.1. The first-order valence-corrected chi connectivity index (χ1v) is 8.28. The third-order valence-corrected chi connectivity index (χ3v) is 4.61. The van der Waals surface area contributed by atoms with E-state index in [2.05, 4.69) is 10.4 Å². The molecule has 0 saturated heterocycles. The number of rotatable bonds is 4. The Bertz CT molecular complexity index is 1040. The summed E-state index contributed by atoms with van der Waals surface area (Å²) < 4.78 is 1.50.